The topological polar surface area (TPSA) is 86.8 Å². The van der Waals surface area contributed by atoms with E-state index < -0.39 is 22.0 Å². The number of fused-ring (bicyclic) bond motifs is 1. The normalized spacial score (nSPS) is 13.4. The van der Waals surface area contributed by atoms with Gasteiger partial charge in [-0.3, -0.25) is 9.59 Å². The van der Waals surface area contributed by atoms with Gasteiger partial charge in [-0.05, 0) is 61.2 Å². The average Bonchev–Trinajstić information content (AvgIpc) is 2.87. The summed E-state index contributed by atoms with van der Waals surface area (Å²) in [6.07, 6.45) is 0.761. The molecule has 0 radical (unpaired) electrons. The lowest BCUT2D eigenvalue weighted by atomic mass is 10.1. The second kappa shape index (κ2) is 11.7. The molecule has 2 atom stereocenters. The molecule has 2 amide bonds. The minimum absolute atomic E-state index is 0.0358. The Morgan fingerprint density at radius 2 is 1.58 bits per heavy atom. The van der Waals surface area contributed by atoms with Crippen LogP contribution in [0.5, 0.6) is 0 Å². The van der Waals surface area contributed by atoms with Crippen LogP contribution in [0.4, 0.5) is 0 Å². The van der Waals surface area contributed by atoms with Gasteiger partial charge in [-0.1, -0.05) is 61.5 Å². The molecule has 0 saturated heterocycles. The Hall–Kier alpha value is -3.23. The molecule has 0 aromatic heterocycles. The first-order valence-corrected chi connectivity index (χ1v) is 13.6. The van der Waals surface area contributed by atoms with E-state index in [-0.39, 0.29) is 29.9 Å². The van der Waals surface area contributed by atoms with Crippen LogP contribution in [0.25, 0.3) is 10.8 Å². The highest BCUT2D eigenvalue weighted by Gasteiger charge is 2.31. The van der Waals surface area contributed by atoms with Crippen LogP contribution in [0.15, 0.2) is 71.6 Å². The Balaban J connectivity index is 1.86. The fraction of sp³-hybridized carbons (Fsp3) is 0.357. The molecule has 0 fully saturated rings. The standard InChI is InChI=1S/C28H35N3O4S/c1-6-21(3)29-28(33)22(4)31(18-25-14-8-7-11-20(25)2)27(32)19-30(5)36(34,35)26-16-15-23-12-9-10-13-24(23)17-26/h7-17,21-22H,6,18-19H2,1-5H3,(H,29,33). The number of carbonyl (C=O) groups excluding carboxylic acids is 2. The van der Waals surface area contributed by atoms with Crippen LogP contribution >= 0.6 is 0 Å². The largest absolute Gasteiger partial charge is 0.352 e. The number of nitrogens with one attached hydrogen (secondary N) is 1. The second-order valence-electron chi connectivity index (χ2n) is 9.21. The van der Waals surface area contributed by atoms with Crippen molar-refractivity contribution in [3.05, 3.63) is 77.9 Å². The average molecular weight is 510 g/mol. The smallest absolute Gasteiger partial charge is 0.243 e. The fourth-order valence-electron chi connectivity index (χ4n) is 3.89. The Bertz CT molecular complexity index is 1340. The van der Waals surface area contributed by atoms with Crippen LogP contribution < -0.4 is 5.32 Å². The Kier molecular flexibility index (Phi) is 8.87. The highest BCUT2D eigenvalue weighted by Crippen LogP contribution is 2.22. The minimum Gasteiger partial charge on any atom is -0.352 e. The monoisotopic (exact) mass is 509 g/mol. The lowest BCUT2D eigenvalue weighted by Gasteiger charge is -2.31. The SMILES string of the molecule is CCC(C)NC(=O)C(C)N(Cc1ccccc1C)C(=O)CN(C)S(=O)(=O)c1ccc2ccccc2c1. The number of hydrogen-bond donors (Lipinski definition) is 1. The van der Waals surface area contributed by atoms with Gasteiger partial charge in [0.15, 0.2) is 0 Å². The minimum atomic E-state index is -3.92. The molecule has 0 aliphatic heterocycles. The van der Waals surface area contributed by atoms with Crippen molar-refractivity contribution in [2.24, 2.45) is 0 Å². The summed E-state index contributed by atoms with van der Waals surface area (Å²) in [5.41, 5.74) is 1.89. The molecule has 0 aliphatic rings. The summed E-state index contributed by atoms with van der Waals surface area (Å²) in [5.74, 6) is -0.719. The van der Waals surface area contributed by atoms with E-state index in [1.807, 2.05) is 69.3 Å². The predicted molar refractivity (Wildman–Crippen MR) is 143 cm³/mol. The number of benzene rings is 3. The van der Waals surface area contributed by atoms with Crippen molar-refractivity contribution < 1.29 is 18.0 Å². The molecule has 0 heterocycles. The van der Waals surface area contributed by atoms with E-state index in [9.17, 15) is 18.0 Å². The summed E-state index contributed by atoms with van der Waals surface area (Å²) in [5, 5.41) is 4.66. The van der Waals surface area contributed by atoms with Gasteiger partial charge in [-0.2, -0.15) is 4.31 Å². The quantitative estimate of drug-likeness (QED) is 0.446. The van der Waals surface area contributed by atoms with Crippen molar-refractivity contribution in [3.63, 3.8) is 0 Å². The highest BCUT2D eigenvalue weighted by molar-refractivity contribution is 7.89. The van der Waals surface area contributed by atoms with Gasteiger partial charge in [0, 0.05) is 19.6 Å². The van der Waals surface area contributed by atoms with Crippen LogP contribution in [0, 0.1) is 6.92 Å². The molecule has 3 aromatic carbocycles. The first-order valence-electron chi connectivity index (χ1n) is 12.1. The summed E-state index contributed by atoms with van der Waals surface area (Å²) in [7, 11) is -2.54. The van der Waals surface area contributed by atoms with Crippen molar-refractivity contribution >= 4 is 32.6 Å². The fourth-order valence-corrected chi connectivity index (χ4v) is 5.05. The third-order valence-electron chi connectivity index (χ3n) is 6.56. The first kappa shape index (κ1) is 27.4. The lowest BCUT2D eigenvalue weighted by Crippen LogP contribution is -2.52. The van der Waals surface area contributed by atoms with E-state index in [4.69, 9.17) is 0 Å². The molecule has 0 saturated carbocycles. The van der Waals surface area contributed by atoms with E-state index in [1.54, 1.807) is 25.1 Å². The lowest BCUT2D eigenvalue weighted by molar-refractivity contribution is -0.140. The molecule has 2 unspecified atom stereocenters. The number of sulfonamides is 1. The molecule has 36 heavy (non-hydrogen) atoms. The van der Waals surface area contributed by atoms with Crippen LogP contribution in [0.2, 0.25) is 0 Å². The molecule has 0 spiro atoms. The van der Waals surface area contributed by atoms with Gasteiger partial charge in [0.05, 0.1) is 11.4 Å². The Labute approximate surface area is 214 Å². The van der Waals surface area contributed by atoms with Gasteiger partial charge < -0.3 is 10.2 Å². The third kappa shape index (κ3) is 6.30. The molecular formula is C28H35N3O4S. The van der Waals surface area contributed by atoms with Crippen LogP contribution in [0.3, 0.4) is 0 Å². The summed E-state index contributed by atoms with van der Waals surface area (Å²) < 4.78 is 27.7. The summed E-state index contributed by atoms with van der Waals surface area (Å²) >= 11 is 0. The molecule has 1 N–H and O–H groups in total. The zero-order valence-corrected chi connectivity index (χ0v) is 22.4. The number of rotatable bonds is 10. The molecular weight excluding hydrogens is 474 g/mol. The van der Waals surface area contributed by atoms with Crippen molar-refractivity contribution in [2.45, 2.75) is 57.6 Å². The van der Waals surface area contributed by atoms with Gasteiger partial charge in [0.2, 0.25) is 21.8 Å². The van der Waals surface area contributed by atoms with Crippen LogP contribution in [0.1, 0.15) is 38.3 Å². The Morgan fingerprint density at radius 3 is 2.25 bits per heavy atom. The molecule has 8 heteroatoms. The van der Waals surface area contributed by atoms with Crippen LogP contribution in [-0.2, 0) is 26.2 Å². The number of nitrogens with zero attached hydrogens (tertiary/aromatic N) is 2. The molecule has 192 valence electrons. The van der Waals surface area contributed by atoms with E-state index in [1.165, 1.54) is 11.9 Å². The number of amides is 2. The van der Waals surface area contributed by atoms with Gasteiger partial charge in [-0.15, -0.1) is 0 Å². The summed E-state index contributed by atoms with van der Waals surface area (Å²) in [4.78, 5) is 28.0. The van der Waals surface area contributed by atoms with Crippen LogP contribution in [-0.4, -0.2) is 55.1 Å². The molecule has 3 aromatic rings. The van der Waals surface area contributed by atoms with Gasteiger partial charge in [0.1, 0.15) is 6.04 Å². The maximum atomic E-state index is 13.5. The maximum Gasteiger partial charge on any atom is 0.243 e. The van der Waals surface area contributed by atoms with E-state index in [2.05, 4.69) is 5.32 Å². The van der Waals surface area contributed by atoms with Crippen molar-refractivity contribution in [3.8, 4) is 0 Å². The van der Waals surface area contributed by atoms with E-state index in [0.717, 1.165) is 32.6 Å². The molecule has 3 rings (SSSR count). The maximum absolute atomic E-state index is 13.5. The second-order valence-corrected chi connectivity index (χ2v) is 11.3. The van der Waals surface area contributed by atoms with Gasteiger partial charge >= 0.3 is 0 Å². The molecule has 0 bridgehead atoms. The zero-order valence-electron chi connectivity index (χ0n) is 21.6. The zero-order chi connectivity index (χ0) is 26.5. The molecule has 0 aliphatic carbocycles. The van der Waals surface area contributed by atoms with E-state index in [0.29, 0.717) is 0 Å². The summed E-state index contributed by atoms with van der Waals surface area (Å²) in [6.45, 7) is 7.30. The van der Waals surface area contributed by atoms with Gasteiger partial charge in [-0.25, -0.2) is 8.42 Å². The van der Waals surface area contributed by atoms with Crippen molar-refractivity contribution in [2.75, 3.05) is 13.6 Å². The third-order valence-corrected chi connectivity index (χ3v) is 8.36. The van der Waals surface area contributed by atoms with Crippen molar-refractivity contribution in [1.82, 2.24) is 14.5 Å². The van der Waals surface area contributed by atoms with Gasteiger partial charge in [0.25, 0.3) is 0 Å². The number of hydrogen-bond acceptors (Lipinski definition) is 4. The molecule has 7 nitrogen and oxygen atoms in total. The number of likely N-dealkylation sites (N-methyl/N-ethyl adjacent to an activating group) is 1. The Morgan fingerprint density at radius 1 is 0.944 bits per heavy atom. The van der Waals surface area contributed by atoms with E-state index >= 15 is 0 Å². The van der Waals surface area contributed by atoms with Crippen molar-refractivity contribution in [1.29, 1.82) is 0 Å². The predicted octanol–water partition coefficient (Wildman–Crippen LogP) is 4.10. The number of carbonyl (C=O) groups is 2. The summed E-state index contributed by atoms with van der Waals surface area (Å²) in [6, 6.07) is 19.2. The number of aryl methyl sites for hydroxylation is 1. The highest BCUT2D eigenvalue weighted by atomic mass is 32.2. The first-order chi connectivity index (χ1) is 17.0.